The fraction of sp³-hybridized carbons (Fsp3) is 0.519. The second-order valence-corrected chi connectivity index (χ2v) is 10.9. The SMILES string of the molecule is COc1cc2c3ccnc(C)c3c(=O)n(C)c2cc1OCC(C)CC(C)(C)N(C(=O)O)C(C)(C)C. The third-order valence-corrected chi connectivity index (χ3v) is 6.43. The molecule has 0 saturated heterocycles. The summed E-state index contributed by atoms with van der Waals surface area (Å²) in [7, 11) is 3.33. The molecule has 0 aliphatic rings. The normalized spacial score (nSPS) is 13.2. The van der Waals surface area contributed by atoms with Crippen LogP contribution in [0.3, 0.4) is 0 Å². The molecule has 0 spiro atoms. The van der Waals surface area contributed by atoms with Gasteiger partial charge in [-0.2, -0.15) is 0 Å². The molecule has 1 unspecified atom stereocenters. The molecule has 2 heterocycles. The monoisotopic (exact) mass is 483 g/mol. The number of rotatable bonds is 7. The summed E-state index contributed by atoms with van der Waals surface area (Å²) in [6.45, 7) is 13.8. The molecule has 0 radical (unpaired) electrons. The van der Waals surface area contributed by atoms with Crippen molar-refractivity contribution in [2.45, 2.75) is 66.0 Å². The highest BCUT2D eigenvalue weighted by atomic mass is 16.5. The Morgan fingerprint density at radius 2 is 1.83 bits per heavy atom. The fourth-order valence-electron chi connectivity index (χ4n) is 5.34. The first-order valence-electron chi connectivity index (χ1n) is 11.8. The zero-order valence-corrected chi connectivity index (χ0v) is 22.2. The molecule has 35 heavy (non-hydrogen) atoms. The number of pyridine rings is 2. The van der Waals surface area contributed by atoms with Crippen molar-refractivity contribution < 1.29 is 19.4 Å². The number of carbonyl (C=O) groups is 1. The van der Waals surface area contributed by atoms with Crippen molar-refractivity contribution in [3.63, 3.8) is 0 Å². The number of hydrogen-bond acceptors (Lipinski definition) is 5. The minimum absolute atomic E-state index is 0.0590. The van der Waals surface area contributed by atoms with Crippen molar-refractivity contribution in [2.24, 2.45) is 13.0 Å². The van der Waals surface area contributed by atoms with Gasteiger partial charge in [0.1, 0.15) is 0 Å². The van der Waals surface area contributed by atoms with Gasteiger partial charge in [0, 0.05) is 41.2 Å². The van der Waals surface area contributed by atoms with Gasteiger partial charge in [-0.25, -0.2) is 4.79 Å². The third-order valence-electron chi connectivity index (χ3n) is 6.43. The van der Waals surface area contributed by atoms with Gasteiger partial charge in [-0.15, -0.1) is 0 Å². The highest BCUT2D eigenvalue weighted by molar-refractivity contribution is 6.07. The molecule has 3 rings (SSSR count). The Morgan fingerprint density at radius 1 is 1.17 bits per heavy atom. The molecule has 1 atom stereocenters. The van der Waals surface area contributed by atoms with Crippen molar-refractivity contribution in [3.8, 4) is 11.5 Å². The molecule has 0 saturated carbocycles. The molecule has 8 heteroatoms. The topological polar surface area (TPSA) is 93.9 Å². The van der Waals surface area contributed by atoms with Crippen LogP contribution in [-0.2, 0) is 7.05 Å². The number of aryl methyl sites for hydroxylation is 2. The average molecular weight is 484 g/mol. The quantitative estimate of drug-likeness (QED) is 0.454. The van der Waals surface area contributed by atoms with Crippen molar-refractivity contribution >= 4 is 27.8 Å². The van der Waals surface area contributed by atoms with Crippen LogP contribution in [0.1, 0.15) is 53.7 Å². The minimum atomic E-state index is -0.939. The van der Waals surface area contributed by atoms with E-state index < -0.39 is 17.2 Å². The summed E-state index contributed by atoms with van der Waals surface area (Å²) in [6, 6.07) is 5.58. The highest BCUT2D eigenvalue weighted by Gasteiger charge is 2.39. The Bertz CT molecular complexity index is 1320. The average Bonchev–Trinajstić information content (AvgIpc) is 2.73. The smallest absolute Gasteiger partial charge is 0.408 e. The van der Waals surface area contributed by atoms with Gasteiger partial charge in [0.2, 0.25) is 0 Å². The van der Waals surface area contributed by atoms with Crippen LogP contribution in [0, 0.1) is 12.8 Å². The van der Waals surface area contributed by atoms with E-state index in [1.807, 2.05) is 66.7 Å². The lowest BCUT2D eigenvalue weighted by atomic mass is 9.87. The summed E-state index contributed by atoms with van der Waals surface area (Å²) in [4.78, 5) is 30.8. The number of ether oxygens (including phenoxy) is 2. The van der Waals surface area contributed by atoms with Crippen LogP contribution in [0.2, 0.25) is 0 Å². The summed E-state index contributed by atoms with van der Waals surface area (Å²) in [5.41, 5.74) is 0.196. The third kappa shape index (κ3) is 5.06. The number of methoxy groups -OCH3 is 1. The fourth-order valence-corrected chi connectivity index (χ4v) is 5.34. The Hall–Kier alpha value is -3.29. The Kier molecular flexibility index (Phi) is 7.07. The lowest BCUT2D eigenvalue weighted by molar-refractivity contribution is 0.0187. The van der Waals surface area contributed by atoms with Crippen LogP contribution in [0.4, 0.5) is 4.79 Å². The lowest BCUT2D eigenvalue weighted by Gasteiger charge is -2.46. The van der Waals surface area contributed by atoms with Crippen molar-refractivity contribution in [1.29, 1.82) is 0 Å². The molecule has 1 N–H and O–H groups in total. The highest BCUT2D eigenvalue weighted by Crippen LogP contribution is 2.36. The number of amides is 1. The number of aromatic nitrogens is 2. The van der Waals surface area contributed by atoms with E-state index in [0.29, 0.717) is 35.6 Å². The van der Waals surface area contributed by atoms with E-state index in [4.69, 9.17) is 9.47 Å². The Labute approximate surface area is 206 Å². The van der Waals surface area contributed by atoms with E-state index >= 15 is 0 Å². The molecular formula is C27H37N3O5. The first-order chi connectivity index (χ1) is 16.2. The molecule has 190 valence electrons. The first kappa shape index (κ1) is 26.3. The van der Waals surface area contributed by atoms with Crippen LogP contribution in [-0.4, -0.2) is 50.4 Å². The van der Waals surface area contributed by atoms with Gasteiger partial charge in [0.05, 0.1) is 30.3 Å². The van der Waals surface area contributed by atoms with Gasteiger partial charge < -0.3 is 19.1 Å². The van der Waals surface area contributed by atoms with Gasteiger partial charge >= 0.3 is 6.09 Å². The van der Waals surface area contributed by atoms with Crippen LogP contribution >= 0.6 is 0 Å². The van der Waals surface area contributed by atoms with Gasteiger partial charge in [0.15, 0.2) is 11.5 Å². The first-order valence-corrected chi connectivity index (χ1v) is 11.8. The molecular weight excluding hydrogens is 446 g/mol. The maximum absolute atomic E-state index is 13.0. The molecule has 1 amide bonds. The number of fused-ring (bicyclic) bond motifs is 3. The largest absolute Gasteiger partial charge is 0.493 e. The number of benzene rings is 1. The van der Waals surface area contributed by atoms with Crippen molar-refractivity contribution in [1.82, 2.24) is 14.5 Å². The van der Waals surface area contributed by atoms with Gasteiger partial charge in [0.25, 0.3) is 5.56 Å². The lowest BCUT2D eigenvalue weighted by Crippen LogP contribution is -2.57. The molecule has 0 bridgehead atoms. The molecule has 3 aromatic rings. The minimum Gasteiger partial charge on any atom is -0.493 e. The zero-order chi connectivity index (χ0) is 26.3. The second kappa shape index (κ2) is 9.40. The van der Waals surface area contributed by atoms with E-state index in [2.05, 4.69) is 4.98 Å². The molecule has 1 aromatic carbocycles. The standard InChI is InChI=1S/C27H37N3O5/c1-16(14-27(6,7)30(25(32)33)26(3,4)5)15-35-22-13-20-19(12-21(22)34-9)18-10-11-28-17(2)23(18)24(31)29(20)8/h10-13,16H,14-15H2,1-9H3,(H,32,33). The Morgan fingerprint density at radius 3 is 2.40 bits per heavy atom. The summed E-state index contributed by atoms with van der Waals surface area (Å²) in [6.07, 6.45) is 1.38. The number of hydrogen-bond donors (Lipinski definition) is 1. The predicted molar refractivity (Wildman–Crippen MR) is 139 cm³/mol. The van der Waals surface area contributed by atoms with Gasteiger partial charge in [-0.1, -0.05) is 6.92 Å². The van der Waals surface area contributed by atoms with Crippen LogP contribution in [0.25, 0.3) is 21.7 Å². The zero-order valence-electron chi connectivity index (χ0n) is 22.2. The van der Waals surface area contributed by atoms with E-state index in [0.717, 1.165) is 16.3 Å². The maximum Gasteiger partial charge on any atom is 0.408 e. The van der Waals surface area contributed by atoms with E-state index in [1.54, 1.807) is 24.9 Å². The predicted octanol–water partition coefficient (Wildman–Crippen LogP) is 5.37. The second-order valence-electron chi connectivity index (χ2n) is 10.9. The van der Waals surface area contributed by atoms with Crippen molar-refractivity contribution in [2.75, 3.05) is 13.7 Å². The van der Waals surface area contributed by atoms with Crippen LogP contribution in [0.15, 0.2) is 29.2 Å². The molecule has 2 aromatic heterocycles. The summed E-state index contributed by atoms with van der Waals surface area (Å²) < 4.78 is 13.4. The van der Waals surface area contributed by atoms with E-state index in [9.17, 15) is 14.7 Å². The molecule has 0 fully saturated rings. The molecule has 0 aliphatic carbocycles. The maximum atomic E-state index is 13.0. The molecule has 8 nitrogen and oxygen atoms in total. The van der Waals surface area contributed by atoms with Crippen LogP contribution in [0.5, 0.6) is 11.5 Å². The Balaban J connectivity index is 1.93. The molecule has 0 aliphatic heterocycles. The van der Waals surface area contributed by atoms with Crippen LogP contribution < -0.4 is 15.0 Å². The van der Waals surface area contributed by atoms with E-state index in [-0.39, 0.29) is 11.5 Å². The van der Waals surface area contributed by atoms with Crippen molar-refractivity contribution in [3.05, 3.63) is 40.4 Å². The van der Waals surface area contributed by atoms with Gasteiger partial charge in [-0.3, -0.25) is 14.7 Å². The van der Waals surface area contributed by atoms with Gasteiger partial charge in [-0.05, 0) is 66.0 Å². The van der Waals surface area contributed by atoms with E-state index in [1.165, 1.54) is 4.90 Å². The summed E-state index contributed by atoms with van der Waals surface area (Å²) in [5, 5.41) is 12.1. The summed E-state index contributed by atoms with van der Waals surface area (Å²) in [5.74, 6) is 1.17. The number of carboxylic acid groups (broad SMARTS) is 1. The number of nitrogens with zero attached hydrogens (tertiary/aromatic N) is 3. The summed E-state index contributed by atoms with van der Waals surface area (Å²) >= 11 is 0.